The van der Waals surface area contributed by atoms with Crippen LogP contribution in [0.3, 0.4) is 0 Å². The van der Waals surface area contributed by atoms with E-state index in [1.54, 1.807) is 43.0 Å². The number of amides is 2. The predicted molar refractivity (Wildman–Crippen MR) is 249 cm³/mol. The Morgan fingerprint density at radius 2 is 1.10 bits per heavy atom. The summed E-state index contributed by atoms with van der Waals surface area (Å²) in [5.41, 5.74) is 2.80. The van der Waals surface area contributed by atoms with Gasteiger partial charge in [-0.2, -0.15) is 10.5 Å². The number of benzene rings is 2. The molecule has 2 aliphatic heterocycles. The number of piperidine rings is 1. The number of hydrogen-bond donors (Lipinski definition) is 2. The number of carbonyl (C=O) groups is 4. The van der Waals surface area contributed by atoms with E-state index >= 15 is 0 Å². The Labute approximate surface area is 399 Å². The van der Waals surface area contributed by atoms with Crippen molar-refractivity contribution in [3.05, 3.63) is 116 Å². The standard InChI is InChI=1S/C24H27FN4O5S.C22H23ClN4O5S/c1-3-21-20(24(31)34-4-2)13-18(14-26)22(27-21)29-11-9-17(10-12-29)23(30)28-35(32,33)15-16-5-7-19(25)8-6-16;1-3-19-18(22(29)32-4-2)9-15(10-24)20(25-19)27-11-16(12-27)21(28)26-33(30,31)13-14-5-7-17(23)8-6-14/h5-8,13,17H,3-4,9-12,15H2,1-2H3,(H,28,30);5-9,16H,3-4,11-13H2,1-2H3,(H,26,28). The molecule has 2 N–H and O–H groups in total. The number of nitrogens with one attached hydrogen (secondary N) is 2. The fourth-order valence-corrected chi connectivity index (χ4v) is 9.83. The fraction of sp³-hybridized carbons (Fsp3) is 0.391. The second-order valence-electron chi connectivity index (χ2n) is 15.6. The van der Waals surface area contributed by atoms with Crippen LogP contribution in [0, 0.1) is 40.3 Å². The van der Waals surface area contributed by atoms with E-state index in [0.29, 0.717) is 77.9 Å². The largest absolute Gasteiger partial charge is 0.462 e. The first kappa shape index (κ1) is 52.3. The molecule has 0 saturated carbocycles. The molecule has 2 aromatic heterocycles. The summed E-state index contributed by atoms with van der Waals surface area (Å²) in [5, 5.41) is 19.7. The molecule has 0 radical (unpaired) electrons. The van der Waals surface area contributed by atoms with Gasteiger partial charge in [0.2, 0.25) is 31.9 Å². The summed E-state index contributed by atoms with van der Waals surface area (Å²) >= 11 is 5.81. The number of ether oxygens (including phenoxy) is 2. The van der Waals surface area contributed by atoms with Crippen molar-refractivity contribution in [2.24, 2.45) is 11.8 Å². The van der Waals surface area contributed by atoms with Crippen LogP contribution in [0.25, 0.3) is 0 Å². The molecule has 0 spiro atoms. The molecule has 0 aliphatic carbocycles. The molecule has 0 bridgehead atoms. The summed E-state index contributed by atoms with van der Waals surface area (Å²) in [4.78, 5) is 62.1. The zero-order valence-corrected chi connectivity index (χ0v) is 40.1. The summed E-state index contributed by atoms with van der Waals surface area (Å²) < 4.78 is 76.9. The van der Waals surface area contributed by atoms with Gasteiger partial charge in [-0.25, -0.2) is 40.8 Å². The molecule has 2 fully saturated rings. The van der Waals surface area contributed by atoms with Crippen molar-refractivity contribution in [1.29, 1.82) is 10.5 Å². The van der Waals surface area contributed by atoms with Gasteiger partial charge in [-0.1, -0.05) is 49.7 Å². The van der Waals surface area contributed by atoms with Gasteiger partial charge in [0, 0.05) is 37.1 Å². The number of carbonyl (C=O) groups excluding carboxylic acids is 4. The number of rotatable bonds is 16. The van der Waals surface area contributed by atoms with Gasteiger partial charge in [0.25, 0.3) is 0 Å². The first-order valence-corrected chi connectivity index (χ1v) is 25.3. The lowest BCUT2D eigenvalue weighted by molar-refractivity contribution is -0.124. The van der Waals surface area contributed by atoms with Crippen LogP contribution < -0.4 is 19.2 Å². The molecule has 360 valence electrons. The van der Waals surface area contributed by atoms with E-state index in [1.807, 2.05) is 24.8 Å². The van der Waals surface area contributed by atoms with E-state index < -0.39 is 67.2 Å². The van der Waals surface area contributed by atoms with Gasteiger partial charge in [-0.15, -0.1) is 0 Å². The van der Waals surface area contributed by atoms with E-state index in [1.165, 1.54) is 24.3 Å². The van der Waals surface area contributed by atoms with Crippen LogP contribution in [0.2, 0.25) is 5.02 Å². The van der Waals surface area contributed by atoms with E-state index in [9.17, 15) is 50.9 Å². The van der Waals surface area contributed by atoms with Gasteiger partial charge in [0.1, 0.15) is 29.6 Å². The summed E-state index contributed by atoms with van der Waals surface area (Å²) in [6, 6.07) is 18.4. The van der Waals surface area contributed by atoms with Crippen molar-refractivity contribution in [3.63, 3.8) is 0 Å². The van der Waals surface area contributed by atoms with Crippen LogP contribution in [0.5, 0.6) is 0 Å². The predicted octanol–water partition coefficient (Wildman–Crippen LogP) is 5.12. The third-order valence-corrected chi connectivity index (χ3v) is 13.5. The monoisotopic (exact) mass is 992 g/mol. The van der Waals surface area contributed by atoms with E-state index in [-0.39, 0.29) is 54.3 Å². The SMILES string of the molecule is CCOC(=O)c1cc(C#N)c(N2CC(C(=O)NS(=O)(=O)Cc3ccc(Cl)cc3)C2)nc1CC.CCOC(=O)c1cc(C#N)c(N2CCC(C(=O)NS(=O)(=O)Cc3ccc(F)cc3)CC2)nc1CC. The topological polar surface area (TPSA) is 259 Å². The molecule has 4 heterocycles. The number of sulfonamides is 2. The first-order chi connectivity index (χ1) is 32.3. The zero-order valence-electron chi connectivity index (χ0n) is 37.8. The summed E-state index contributed by atoms with van der Waals surface area (Å²) in [7, 11) is -7.81. The van der Waals surface area contributed by atoms with Crippen molar-refractivity contribution in [1.82, 2.24) is 19.4 Å². The molecule has 68 heavy (non-hydrogen) atoms. The van der Waals surface area contributed by atoms with Gasteiger partial charge in [0.05, 0.1) is 64.3 Å². The number of esters is 2. The number of nitrogens with zero attached hydrogens (tertiary/aromatic N) is 6. The van der Waals surface area contributed by atoms with Crippen LogP contribution in [0.4, 0.5) is 16.0 Å². The average Bonchev–Trinajstić information content (AvgIpc) is 3.29. The van der Waals surface area contributed by atoms with Gasteiger partial charge in [-0.05, 0) is 87.1 Å². The van der Waals surface area contributed by atoms with Crippen LogP contribution in [-0.4, -0.2) is 89.9 Å². The van der Waals surface area contributed by atoms with Gasteiger partial charge < -0.3 is 19.3 Å². The normalized spacial score (nSPS) is 14.0. The lowest BCUT2D eigenvalue weighted by Gasteiger charge is -2.39. The maximum Gasteiger partial charge on any atom is 0.340 e. The van der Waals surface area contributed by atoms with Crippen molar-refractivity contribution >= 4 is 67.0 Å². The van der Waals surface area contributed by atoms with Crippen molar-refractivity contribution < 1.29 is 49.9 Å². The van der Waals surface area contributed by atoms with E-state index in [2.05, 4.69) is 25.5 Å². The molecule has 0 unspecified atom stereocenters. The summed E-state index contributed by atoms with van der Waals surface area (Å²) in [6.07, 6.45) is 1.66. The third kappa shape index (κ3) is 13.7. The van der Waals surface area contributed by atoms with Crippen molar-refractivity contribution in [3.8, 4) is 12.1 Å². The molecule has 18 nitrogen and oxygen atoms in total. The van der Waals surface area contributed by atoms with Crippen LogP contribution in [0.15, 0.2) is 60.7 Å². The molecule has 4 aromatic rings. The van der Waals surface area contributed by atoms with Gasteiger partial charge in [-0.3, -0.25) is 19.0 Å². The van der Waals surface area contributed by atoms with E-state index in [4.69, 9.17) is 21.1 Å². The summed E-state index contributed by atoms with van der Waals surface area (Å²) in [6.45, 7) is 8.67. The molecule has 2 saturated heterocycles. The Kier molecular flexibility index (Phi) is 18.0. The molecule has 2 amide bonds. The first-order valence-electron chi connectivity index (χ1n) is 21.6. The Bertz CT molecular complexity index is 2820. The second-order valence-corrected chi connectivity index (χ2v) is 19.5. The number of hydrogen-bond acceptors (Lipinski definition) is 16. The Hall–Kier alpha value is -6.68. The van der Waals surface area contributed by atoms with E-state index in [0.717, 1.165) is 12.1 Å². The highest BCUT2D eigenvalue weighted by Crippen LogP contribution is 2.30. The van der Waals surface area contributed by atoms with Gasteiger partial charge >= 0.3 is 11.9 Å². The smallest absolute Gasteiger partial charge is 0.340 e. The lowest BCUT2D eigenvalue weighted by atomic mass is 9.96. The number of anilines is 2. The molecule has 0 atom stereocenters. The molecule has 22 heteroatoms. The minimum atomic E-state index is -3.93. The highest BCUT2D eigenvalue weighted by atomic mass is 35.5. The molecule has 2 aromatic carbocycles. The minimum absolute atomic E-state index is 0.185. The molecule has 2 aliphatic rings. The number of halogens is 2. The Morgan fingerprint density at radius 1 is 0.691 bits per heavy atom. The molecule has 6 rings (SSSR count). The highest BCUT2D eigenvalue weighted by molar-refractivity contribution is 7.89. The number of nitriles is 2. The van der Waals surface area contributed by atoms with Crippen molar-refractivity contribution in [2.75, 3.05) is 49.2 Å². The van der Waals surface area contributed by atoms with Crippen LogP contribution >= 0.6 is 11.6 Å². The average molecular weight is 994 g/mol. The Balaban J connectivity index is 0.000000255. The number of aromatic nitrogens is 2. The number of pyridine rings is 2. The number of aryl methyl sites for hydroxylation is 2. The van der Waals surface area contributed by atoms with Gasteiger partial charge in [0.15, 0.2) is 0 Å². The van der Waals surface area contributed by atoms with Crippen LogP contribution in [0.1, 0.15) is 94.9 Å². The quantitative estimate of drug-likeness (QED) is 0.138. The van der Waals surface area contributed by atoms with Crippen LogP contribution in [-0.2, 0) is 63.5 Å². The minimum Gasteiger partial charge on any atom is -0.462 e. The zero-order chi connectivity index (χ0) is 49.8. The lowest BCUT2D eigenvalue weighted by Crippen LogP contribution is -2.55. The Morgan fingerprint density at radius 3 is 1.51 bits per heavy atom. The highest BCUT2D eigenvalue weighted by Gasteiger charge is 2.37. The second kappa shape index (κ2) is 23.4. The third-order valence-electron chi connectivity index (χ3n) is 10.8. The molecular weight excluding hydrogens is 943 g/mol. The maximum absolute atomic E-state index is 13.0. The summed E-state index contributed by atoms with van der Waals surface area (Å²) in [5.74, 6) is -3.84. The van der Waals surface area contributed by atoms with Crippen molar-refractivity contribution in [2.45, 2.75) is 64.9 Å². The maximum atomic E-state index is 13.0. The molecular formula is C46H50ClFN8O10S2. The fourth-order valence-electron chi connectivity index (χ4n) is 7.35.